The third-order valence-corrected chi connectivity index (χ3v) is 6.37. The Morgan fingerprint density at radius 3 is 2.36 bits per heavy atom. The summed E-state index contributed by atoms with van der Waals surface area (Å²) in [5, 5.41) is 3.09. The molecular formula is C18H27BrF2N2O4S. The van der Waals surface area contributed by atoms with Gasteiger partial charge in [-0.3, -0.25) is 0 Å². The molecule has 0 saturated carbocycles. The van der Waals surface area contributed by atoms with Gasteiger partial charge in [0.15, 0.2) is 0 Å². The molecule has 1 aromatic rings. The predicted molar refractivity (Wildman–Crippen MR) is 109 cm³/mol. The highest BCUT2D eigenvalue weighted by atomic mass is 79.9. The van der Waals surface area contributed by atoms with Gasteiger partial charge in [-0.2, -0.15) is 8.78 Å². The van der Waals surface area contributed by atoms with Crippen molar-refractivity contribution in [2.75, 3.05) is 33.1 Å². The highest BCUT2D eigenvalue weighted by molar-refractivity contribution is 9.09. The van der Waals surface area contributed by atoms with E-state index < -0.39 is 20.8 Å². The molecule has 0 fully saturated rings. The van der Waals surface area contributed by atoms with Crippen LogP contribution in [0.5, 0.6) is 0 Å². The van der Waals surface area contributed by atoms with Crippen molar-refractivity contribution in [3.63, 3.8) is 0 Å². The molecule has 1 N–H and O–H groups in total. The quantitative estimate of drug-likeness (QED) is 0.269. The molecule has 0 heterocycles. The predicted octanol–water partition coefficient (Wildman–Crippen LogP) is 4.46. The third-order valence-electron chi connectivity index (χ3n) is 4.11. The molecule has 0 atom stereocenters. The Hall–Kier alpha value is -1.26. The molecule has 1 aromatic carbocycles. The van der Waals surface area contributed by atoms with Crippen molar-refractivity contribution in [3.05, 3.63) is 23.8 Å². The van der Waals surface area contributed by atoms with E-state index in [1.165, 1.54) is 33.3 Å². The Kier molecular flexibility index (Phi) is 9.79. The summed E-state index contributed by atoms with van der Waals surface area (Å²) in [4.78, 5) is 8.93. The molecule has 28 heavy (non-hydrogen) atoms. The SMILES string of the molecule is COC(=O)c1ccc(NCCCCCCCC(F)(F)Br)c(S(=O)(=O)N(C)C)c1. The lowest BCUT2D eigenvalue weighted by Crippen LogP contribution is -2.24. The maximum Gasteiger partial charge on any atom is 0.337 e. The molecule has 0 bridgehead atoms. The lowest BCUT2D eigenvalue weighted by atomic mass is 10.1. The monoisotopic (exact) mass is 484 g/mol. The second kappa shape index (κ2) is 11.1. The fourth-order valence-electron chi connectivity index (χ4n) is 2.53. The number of benzene rings is 1. The summed E-state index contributed by atoms with van der Waals surface area (Å²) in [5.74, 6) is -0.615. The molecule has 10 heteroatoms. The Morgan fingerprint density at radius 2 is 1.79 bits per heavy atom. The van der Waals surface area contributed by atoms with Gasteiger partial charge in [0.2, 0.25) is 10.0 Å². The molecule has 1 rings (SSSR count). The number of alkyl halides is 3. The molecular weight excluding hydrogens is 458 g/mol. The maximum absolute atomic E-state index is 12.7. The normalized spacial score (nSPS) is 12.2. The van der Waals surface area contributed by atoms with Crippen LogP contribution in [0, 0.1) is 0 Å². The van der Waals surface area contributed by atoms with Crippen molar-refractivity contribution in [2.24, 2.45) is 0 Å². The van der Waals surface area contributed by atoms with Crippen LogP contribution in [0.2, 0.25) is 0 Å². The van der Waals surface area contributed by atoms with Crippen LogP contribution in [0.15, 0.2) is 23.1 Å². The van der Waals surface area contributed by atoms with E-state index in [0.29, 0.717) is 18.7 Å². The standard InChI is InChI=1S/C18H27BrF2N2O4S/c1-23(2)28(25,26)16-13-14(17(24)27-3)9-10-15(16)22-12-8-6-4-5-7-11-18(19,20)21/h9-10,13,22H,4-8,11-12H2,1-3H3. The van der Waals surface area contributed by atoms with E-state index in [4.69, 9.17) is 0 Å². The van der Waals surface area contributed by atoms with Gasteiger partial charge < -0.3 is 10.1 Å². The van der Waals surface area contributed by atoms with Crippen LogP contribution in [-0.2, 0) is 14.8 Å². The highest BCUT2D eigenvalue weighted by Gasteiger charge is 2.24. The lowest BCUT2D eigenvalue weighted by Gasteiger charge is -2.17. The number of ether oxygens (including phenoxy) is 1. The number of halogens is 3. The summed E-state index contributed by atoms with van der Waals surface area (Å²) in [7, 11) is 0.311. The largest absolute Gasteiger partial charge is 0.465 e. The van der Waals surface area contributed by atoms with Gasteiger partial charge in [0.05, 0.1) is 18.4 Å². The zero-order valence-corrected chi connectivity index (χ0v) is 18.7. The molecule has 0 aliphatic heterocycles. The molecule has 160 valence electrons. The number of carbonyl (C=O) groups is 1. The number of carbonyl (C=O) groups excluding carboxylic acids is 1. The first kappa shape index (κ1) is 24.8. The molecule has 0 unspecified atom stereocenters. The number of esters is 1. The van der Waals surface area contributed by atoms with Gasteiger partial charge in [-0.1, -0.05) is 19.3 Å². The number of hydrogen-bond acceptors (Lipinski definition) is 5. The average Bonchev–Trinajstić information content (AvgIpc) is 2.62. The van der Waals surface area contributed by atoms with Gasteiger partial charge in [-0.15, -0.1) is 0 Å². The molecule has 6 nitrogen and oxygen atoms in total. The number of nitrogens with one attached hydrogen (secondary N) is 1. The number of rotatable bonds is 12. The van der Waals surface area contributed by atoms with Gasteiger partial charge in [0.25, 0.3) is 0 Å². The number of unbranched alkanes of at least 4 members (excludes halogenated alkanes) is 4. The first-order chi connectivity index (χ1) is 13.0. The van der Waals surface area contributed by atoms with Crippen LogP contribution in [0.3, 0.4) is 0 Å². The zero-order valence-electron chi connectivity index (χ0n) is 16.3. The first-order valence-corrected chi connectivity index (χ1v) is 11.2. The van der Waals surface area contributed by atoms with E-state index in [0.717, 1.165) is 30.0 Å². The van der Waals surface area contributed by atoms with E-state index in [1.54, 1.807) is 6.07 Å². The average molecular weight is 485 g/mol. The zero-order chi connectivity index (χ0) is 21.4. The topological polar surface area (TPSA) is 75.7 Å². The molecule has 0 saturated heterocycles. The van der Waals surface area contributed by atoms with Crippen LogP contribution in [0.1, 0.15) is 48.9 Å². The molecule has 0 radical (unpaired) electrons. The lowest BCUT2D eigenvalue weighted by molar-refractivity contribution is 0.0600. The first-order valence-electron chi connectivity index (χ1n) is 8.94. The van der Waals surface area contributed by atoms with Gasteiger partial charge in [-0.25, -0.2) is 17.5 Å². The fourth-order valence-corrected chi connectivity index (χ4v) is 3.89. The number of sulfonamides is 1. The van der Waals surface area contributed by atoms with Crippen LogP contribution < -0.4 is 5.32 Å². The summed E-state index contributed by atoms with van der Waals surface area (Å²) in [6.07, 6.45) is 3.43. The summed E-state index contributed by atoms with van der Waals surface area (Å²) >= 11 is 2.32. The number of methoxy groups -OCH3 is 1. The van der Waals surface area contributed by atoms with Crippen molar-refractivity contribution in [1.29, 1.82) is 0 Å². The molecule has 0 spiro atoms. The van der Waals surface area contributed by atoms with Crippen LogP contribution in [0.4, 0.5) is 14.5 Å². The minimum Gasteiger partial charge on any atom is -0.465 e. The van der Waals surface area contributed by atoms with Crippen LogP contribution >= 0.6 is 15.9 Å². The van der Waals surface area contributed by atoms with Crippen molar-refractivity contribution in [1.82, 2.24) is 4.31 Å². The smallest absolute Gasteiger partial charge is 0.337 e. The third kappa shape index (κ3) is 8.00. The van der Waals surface area contributed by atoms with E-state index in [9.17, 15) is 22.0 Å². The minimum atomic E-state index is -3.75. The van der Waals surface area contributed by atoms with Gasteiger partial charge >= 0.3 is 10.8 Å². The van der Waals surface area contributed by atoms with Gasteiger partial charge in [-0.05, 0) is 47.0 Å². The van der Waals surface area contributed by atoms with E-state index in [1.807, 2.05) is 0 Å². The number of anilines is 1. The van der Waals surface area contributed by atoms with Crippen LogP contribution in [0.25, 0.3) is 0 Å². The summed E-state index contributed by atoms with van der Waals surface area (Å²) in [6, 6.07) is 4.34. The Labute approximate surface area is 173 Å². The molecule has 0 aliphatic rings. The molecule has 0 aliphatic carbocycles. The second-order valence-corrected chi connectivity index (χ2v) is 9.83. The summed E-state index contributed by atoms with van der Waals surface area (Å²) in [6.45, 7) is 0.530. The maximum atomic E-state index is 12.7. The van der Waals surface area contributed by atoms with E-state index in [2.05, 4.69) is 26.0 Å². The molecule has 0 amide bonds. The number of nitrogens with zero attached hydrogens (tertiary/aromatic N) is 1. The summed E-state index contributed by atoms with van der Waals surface area (Å²) in [5.41, 5.74) is 0.553. The Bertz CT molecular complexity index is 752. The van der Waals surface area contributed by atoms with E-state index >= 15 is 0 Å². The van der Waals surface area contributed by atoms with Crippen molar-refractivity contribution < 1.29 is 26.7 Å². The Morgan fingerprint density at radius 1 is 1.18 bits per heavy atom. The Balaban J connectivity index is 2.66. The van der Waals surface area contributed by atoms with Gasteiger partial charge in [0, 0.05) is 27.1 Å². The number of hydrogen-bond donors (Lipinski definition) is 1. The van der Waals surface area contributed by atoms with Crippen molar-refractivity contribution in [2.45, 2.75) is 48.3 Å². The minimum absolute atomic E-state index is 0.0000443. The second-order valence-electron chi connectivity index (χ2n) is 6.55. The van der Waals surface area contributed by atoms with Crippen LogP contribution in [-0.4, -0.2) is 51.3 Å². The van der Waals surface area contributed by atoms with E-state index in [-0.39, 0.29) is 16.9 Å². The van der Waals surface area contributed by atoms with Crippen molar-refractivity contribution in [3.8, 4) is 0 Å². The molecule has 0 aromatic heterocycles. The summed E-state index contributed by atoms with van der Waals surface area (Å²) < 4.78 is 56.2. The van der Waals surface area contributed by atoms with Gasteiger partial charge in [0.1, 0.15) is 4.90 Å². The fraction of sp³-hybridized carbons (Fsp3) is 0.611. The highest BCUT2D eigenvalue weighted by Crippen LogP contribution is 2.28. The van der Waals surface area contributed by atoms with Crippen molar-refractivity contribution >= 4 is 37.6 Å².